The smallest absolute Gasteiger partial charge is 0.0796 e. The summed E-state index contributed by atoms with van der Waals surface area (Å²) in [6.45, 7) is 3.09. The minimum Gasteiger partial charge on any atom is -0.375 e. The molecule has 0 bridgehead atoms. The Labute approximate surface area is 59.3 Å². The molecule has 9 heavy (non-hydrogen) atoms. The highest BCUT2D eigenvalue weighted by atomic mass is 32.2. The topological polar surface area (TPSA) is 21.3 Å². The molecule has 2 rings (SSSR count). The highest BCUT2D eigenvalue weighted by Gasteiger charge is 2.33. The standard InChI is InChI=1S/C6H11NOS/c1-2-8-5-4-9-6(5)3-7-1/h5-7H,1-4H2. The Hall–Kier alpha value is 0.270. The molecular weight excluding hydrogens is 134 g/mol. The van der Waals surface area contributed by atoms with E-state index < -0.39 is 0 Å². The van der Waals surface area contributed by atoms with Crippen LogP contribution in [-0.2, 0) is 4.74 Å². The lowest BCUT2D eigenvalue weighted by Gasteiger charge is -2.33. The van der Waals surface area contributed by atoms with Crippen molar-refractivity contribution in [1.29, 1.82) is 0 Å². The minimum atomic E-state index is 0.574. The molecule has 0 aliphatic carbocycles. The van der Waals surface area contributed by atoms with Crippen LogP contribution >= 0.6 is 11.8 Å². The lowest BCUT2D eigenvalue weighted by Crippen LogP contribution is -2.41. The first-order valence-electron chi connectivity index (χ1n) is 3.41. The van der Waals surface area contributed by atoms with Gasteiger partial charge < -0.3 is 10.1 Å². The van der Waals surface area contributed by atoms with Gasteiger partial charge in [-0.2, -0.15) is 11.8 Å². The van der Waals surface area contributed by atoms with E-state index in [-0.39, 0.29) is 0 Å². The average molecular weight is 145 g/mol. The summed E-state index contributed by atoms with van der Waals surface area (Å²) in [5, 5.41) is 4.09. The van der Waals surface area contributed by atoms with E-state index in [1.54, 1.807) is 0 Å². The van der Waals surface area contributed by atoms with E-state index in [0.29, 0.717) is 6.10 Å². The zero-order chi connectivity index (χ0) is 6.10. The lowest BCUT2D eigenvalue weighted by atomic mass is 10.2. The molecule has 0 aromatic heterocycles. The number of hydrogen-bond acceptors (Lipinski definition) is 3. The molecule has 0 spiro atoms. The van der Waals surface area contributed by atoms with Crippen LogP contribution in [0.4, 0.5) is 0 Å². The number of rotatable bonds is 0. The Kier molecular flexibility index (Phi) is 1.66. The zero-order valence-electron chi connectivity index (χ0n) is 5.30. The van der Waals surface area contributed by atoms with Gasteiger partial charge in [0.25, 0.3) is 0 Å². The van der Waals surface area contributed by atoms with Crippen molar-refractivity contribution in [2.24, 2.45) is 0 Å². The van der Waals surface area contributed by atoms with Gasteiger partial charge in [0.05, 0.1) is 12.7 Å². The highest BCUT2D eigenvalue weighted by Crippen LogP contribution is 2.31. The van der Waals surface area contributed by atoms with Crippen LogP contribution < -0.4 is 5.32 Å². The molecule has 2 nitrogen and oxygen atoms in total. The minimum absolute atomic E-state index is 0.574. The van der Waals surface area contributed by atoms with Crippen molar-refractivity contribution in [3.05, 3.63) is 0 Å². The summed E-state index contributed by atoms with van der Waals surface area (Å²) in [6, 6.07) is 0. The molecule has 2 fully saturated rings. The van der Waals surface area contributed by atoms with Gasteiger partial charge >= 0.3 is 0 Å². The van der Waals surface area contributed by atoms with Crippen molar-refractivity contribution in [3.63, 3.8) is 0 Å². The second kappa shape index (κ2) is 2.48. The van der Waals surface area contributed by atoms with Gasteiger partial charge in [0.1, 0.15) is 0 Å². The molecule has 0 saturated carbocycles. The molecule has 0 aromatic rings. The first-order valence-corrected chi connectivity index (χ1v) is 4.45. The number of hydrogen-bond donors (Lipinski definition) is 1. The van der Waals surface area contributed by atoms with Gasteiger partial charge in [-0.25, -0.2) is 0 Å². The molecule has 0 aromatic carbocycles. The molecule has 2 heterocycles. The molecule has 2 atom stereocenters. The Morgan fingerprint density at radius 1 is 1.56 bits per heavy atom. The summed E-state index contributed by atoms with van der Waals surface area (Å²) in [5.41, 5.74) is 0. The SMILES string of the molecule is C1COC2CSC2CN1. The van der Waals surface area contributed by atoms with Crippen molar-refractivity contribution < 1.29 is 4.74 Å². The number of nitrogens with one attached hydrogen (secondary N) is 1. The Morgan fingerprint density at radius 3 is 3.33 bits per heavy atom. The summed E-state index contributed by atoms with van der Waals surface area (Å²) in [5.74, 6) is 1.21. The van der Waals surface area contributed by atoms with Gasteiger partial charge in [0, 0.05) is 24.1 Å². The summed E-state index contributed by atoms with van der Waals surface area (Å²) < 4.78 is 5.52. The van der Waals surface area contributed by atoms with Crippen LogP contribution in [-0.4, -0.2) is 36.8 Å². The summed E-state index contributed by atoms with van der Waals surface area (Å²) >= 11 is 2.02. The fourth-order valence-electron chi connectivity index (χ4n) is 1.18. The number of thioether (sulfide) groups is 1. The third kappa shape index (κ3) is 1.09. The molecule has 3 heteroatoms. The Morgan fingerprint density at radius 2 is 2.56 bits per heavy atom. The van der Waals surface area contributed by atoms with Gasteiger partial charge in [-0.1, -0.05) is 0 Å². The molecule has 2 saturated heterocycles. The highest BCUT2D eigenvalue weighted by molar-refractivity contribution is 8.01. The van der Waals surface area contributed by atoms with Gasteiger partial charge in [-0.3, -0.25) is 0 Å². The first kappa shape index (κ1) is 6.01. The summed E-state index contributed by atoms with van der Waals surface area (Å²) in [6.07, 6.45) is 0.574. The Balaban J connectivity index is 1.90. The molecule has 1 N–H and O–H groups in total. The maximum absolute atomic E-state index is 5.52. The van der Waals surface area contributed by atoms with E-state index in [0.717, 1.165) is 24.9 Å². The van der Waals surface area contributed by atoms with Gasteiger partial charge in [-0.05, 0) is 0 Å². The quantitative estimate of drug-likeness (QED) is 0.522. The first-order chi connectivity index (χ1) is 4.47. The molecule has 0 amide bonds. The molecule has 2 unspecified atom stereocenters. The van der Waals surface area contributed by atoms with Gasteiger partial charge in [0.2, 0.25) is 0 Å². The third-order valence-electron chi connectivity index (χ3n) is 1.85. The largest absolute Gasteiger partial charge is 0.375 e. The second-order valence-corrected chi connectivity index (χ2v) is 3.76. The second-order valence-electron chi connectivity index (χ2n) is 2.49. The van der Waals surface area contributed by atoms with Crippen molar-refractivity contribution >= 4 is 11.8 Å². The number of fused-ring (bicyclic) bond motifs is 1. The summed E-state index contributed by atoms with van der Waals surface area (Å²) in [4.78, 5) is 0. The van der Waals surface area contributed by atoms with Crippen LogP contribution in [0.25, 0.3) is 0 Å². The van der Waals surface area contributed by atoms with E-state index in [9.17, 15) is 0 Å². The van der Waals surface area contributed by atoms with E-state index in [1.165, 1.54) is 5.75 Å². The third-order valence-corrected chi connectivity index (χ3v) is 3.26. The molecule has 0 radical (unpaired) electrons. The van der Waals surface area contributed by atoms with E-state index in [4.69, 9.17) is 4.74 Å². The van der Waals surface area contributed by atoms with Crippen LogP contribution in [0.15, 0.2) is 0 Å². The monoisotopic (exact) mass is 145 g/mol. The van der Waals surface area contributed by atoms with Crippen LogP contribution in [0, 0.1) is 0 Å². The van der Waals surface area contributed by atoms with E-state index in [2.05, 4.69) is 5.32 Å². The average Bonchev–Trinajstić information content (AvgIpc) is 1.94. The maximum Gasteiger partial charge on any atom is 0.0796 e. The molecule has 2 aliphatic heterocycles. The van der Waals surface area contributed by atoms with Crippen molar-refractivity contribution in [1.82, 2.24) is 5.32 Å². The van der Waals surface area contributed by atoms with Crippen LogP contribution in [0.1, 0.15) is 0 Å². The predicted octanol–water partition coefficient (Wildman–Crippen LogP) is 0.0902. The molecule has 2 aliphatic rings. The molecule has 52 valence electrons. The lowest BCUT2D eigenvalue weighted by molar-refractivity contribution is 0.0763. The predicted molar refractivity (Wildman–Crippen MR) is 38.9 cm³/mol. The molecular formula is C6H11NOS. The number of ether oxygens (including phenoxy) is 1. The normalized spacial score (nSPS) is 42.7. The maximum atomic E-state index is 5.52. The van der Waals surface area contributed by atoms with Gasteiger partial charge in [0.15, 0.2) is 0 Å². The fourth-order valence-corrected chi connectivity index (χ4v) is 2.22. The van der Waals surface area contributed by atoms with Crippen LogP contribution in [0.2, 0.25) is 0 Å². The fraction of sp³-hybridized carbons (Fsp3) is 1.00. The van der Waals surface area contributed by atoms with Gasteiger partial charge in [-0.15, -0.1) is 0 Å². The van der Waals surface area contributed by atoms with E-state index >= 15 is 0 Å². The summed E-state index contributed by atoms with van der Waals surface area (Å²) in [7, 11) is 0. The van der Waals surface area contributed by atoms with Crippen LogP contribution in [0.3, 0.4) is 0 Å². The zero-order valence-corrected chi connectivity index (χ0v) is 6.12. The van der Waals surface area contributed by atoms with Crippen molar-refractivity contribution in [2.45, 2.75) is 11.4 Å². The van der Waals surface area contributed by atoms with Crippen LogP contribution in [0.5, 0.6) is 0 Å². The van der Waals surface area contributed by atoms with Crippen molar-refractivity contribution in [3.8, 4) is 0 Å². The van der Waals surface area contributed by atoms with Crippen molar-refractivity contribution in [2.75, 3.05) is 25.4 Å². The Bertz CT molecular complexity index is 97.2. The van der Waals surface area contributed by atoms with E-state index in [1.807, 2.05) is 11.8 Å².